The average molecular weight is 683 g/mol. The summed E-state index contributed by atoms with van der Waals surface area (Å²) in [5, 5.41) is 51.3. The Labute approximate surface area is 278 Å². The smallest absolute Gasteiger partial charge is 0.373 e. The second kappa shape index (κ2) is 15.6. The van der Waals surface area contributed by atoms with Crippen molar-refractivity contribution in [3.63, 3.8) is 0 Å². The van der Waals surface area contributed by atoms with E-state index in [-0.39, 0.29) is 59.8 Å². The van der Waals surface area contributed by atoms with Crippen LogP contribution in [0.25, 0.3) is 11.0 Å². The molecule has 0 bridgehead atoms. The lowest BCUT2D eigenvalue weighted by Crippen LogP contribution is -2.54. The van der Waals surface area contributed by atoms with Crippen molar-refractivity contribution in [1.29, 1.82) is 5.26 Å². The van der Waals surface area contributed by atoms with Crippen molar-refractivity contribution in [2.24, 2.45) is 5.92 Å². The Balaban J connectivity index is 0.00000174. The fraction of sp³-hybridized carbons (Fsp3) is 0.467. The molecule has 260 valence electrons. The van der Waals surface area contributed by atoms with Gasteiger partial charge in [0.15, 0.2) is 5.65 Å². The summed E-state index contributed by atoms with van der Waals surface area (Å²) in [5.74, 6) is 0.416. The highest BCUT2D eigenvalue weighted by Crippen LogP contribution is 2.35. The van der Waals surface area contributed by atoms with Gasteiger partial charge in [-0.3, -0.25) is 24.4 Å². The Morgan fingerprint density at radius 3 is 2.57 bits per heavy atom. The molecule has 3 N–H and O–H groups in total. The van der Waals surface area contributed by atoms with Crippen molar-refractivity contribution in [1.82, 2.24) is 19.4 Å². The van der Waals surface area contributed by atoms with E-state index >= 15 is 0 Å². The number of nitro groups is 1. The standard InChI is InChI=1S/C29H34N8O9.CO2/c1-16-7-10-35(23(39)6-9-30)13-20(16)33(2)26-18-8-11-36(27(18)32-15-31-26)29(42)34(3)19-12-17(37(43)44)4-5-22(19)46-28-25(41)24(40)21(38)14-45-28;2-1-3/h4-5,8,11-12,15-16,20-21,24-25,28,38,40-41H,6-7,10,13-14H2,1-3H3;/t16-,20?,21-,24+,25-,28+;/m1./s1. The maximum atomic E-state index is 13.9. The molecule has 3 aromatic rings. The Kier molecular flexibility index (Phi) is 11.6. The number of carbonyl (C=O) groups is 2. The zero-order valence-corrected chi connectivity index (χ0v) is 26.6. The van der Waals surface area contributed by atoms with Crippen LogP contribution >= 0.6 is 0 Å². The van der Waals surface area contributed by atoms with Gasteiger partial charge in [-0.2, -0.15) is 14.9 Å². The number of aliphatic hydroxyl groups excluding tert-OH is 3. The maximum Gasteiger partial charge on any atom is 0.373 e. The molecule has 0 saturated carbocycles. The number of piperidine rings is 1. The number of non-ortho nitro benzene ring substituents is 1. The number of aromatic nitrogens is 3. The maximum absolute atomic E-state index is 13.9. The fourth-order valence-corrected chi connectivity index (χ4v) is 5.74. The second-order valence-corrected chi connectivity index (χ2v) is 11.4. The third kappa shape index (κ3) is 7.64. The molecule has 5 rings (SSSR count). The Morgan fingerprint density at radius 1 is 1.18 bits per heavy atom. The molecular formula is C30H34N8O11. The van der Waals surface area contributed by atoms with Gasteiger partial charge in [-0.25, -0.2) is 14.8 Å². The van der Waals surface area contributed by atoms with Gasteiger partial charge in [-0.05, 0) is 24.5 Å². The molecule has 0 radical (unpaired) electrons. The summed E-state index contributed by atoms with van der Waals surface area (Å²) >= 11 is 0. The molecule has 2 aliphatic heterocycles. The summed E-state index contributed by atoms with van der Waals surface area (Å²) in [5.41, 5.74) is -0.122. The second-order valence-electron chi connectivity index (χ2n) is 11.4. The summed E-state index contributed by atoms with van der Waals surface area (Å²) < 4.78 is 12.3. The molecule has 1 aromatic carbocycles. The molecule has 1 unspecified atom stereocenters. The van der Waals surface area contributed by atoms with Crippen LogP contribution in [0.5, 0.6) is 5.75 Å². The number of anilines is 2. The average Bonchev–Trinajstić information content (AvgIpc) is 3.53. The number of aliphatic hydroxyl groups is 3. The van der Waals surface area contributed by atoms with Crippen molar-refractivity contribution in [3.05, 3.63) is 46.9 Å². The van der Waals surface area contributed by atoms with Gasteiger partial charge in [0, 0.05) is 45.5 Å². The van der Waals surface area contributed by atoms with E-state index in [1.165, 1.54) is 30.2 Å². The quantitative estimate of drug-likeness (QED) is 0.223. The molecule has 4 heterocycles. The number of amides is 2. The monoisotopic (exact) mass is 682 g/mol. The van der Waals surface area contributed by atoms with E-state index in [2.05, 4.69) is 16.9 Å². The number of nitrogens with zero attached hydrogens (tertiary/aromatic N) is 8. The van der Waals surface area contributed by atoms with Crippen molar-refractivity contribution in [2.45, 2.75) is 50.4 Å². The van der Waals surface area contributed by atoms with Crippen LogP contribution in [0.3, 0.4) is 0 Å². The van der Waals surface area contributed by atoms with Crippen LogP contribution in [0.2, 0.25) is 0 Å². The summed E-state index contributed by atoms with van der Waals surface area (Å²) in [7, 11) is 3.22. The molecule has 0 spiro atoms. The first-order valence-electron chi connectivity index (χ1n) is 14.9. The number of nitro benzene ring substituents is 1. The van der Waals surface area contributed by atoms with E-state index < -0.39 is 35.6 Å². The van der Waals surface area contributed by atoms with Gasteiger partial charge >= 0.3 is 12.2 Å². The molecule has 49 heavy (non-hydrogen) atoms. The Morgan fingerprint density at radius 2 is 1.90 bits per heavy atom. The van der Waals surface area contributed by atoms with Crippen LogP contribution in [0.1, 0.15) is 19.8 Å². The van der Waals surface area contributed by atoms with Crippen LogP contribution < -0.4 is 14.5 Å². The fourth-order valence-electron chi connectivity index (χ4n) is 5.74. The number of nitriles is 1. The van der Waals surface area contributed by atoms with Gasteiger partial charge in [0.25, 0.3) is 5.69 Å². The SMILES string of the molecule is C[C@@H]1CCN(C(=O)CC#N)CC1N(C)c1ncnc2c1ccn2C(=O)N(C)c1cc([N+](=O)[O-])ccc1O[C@@H]1OC[C@@H](O)[C@H](O)[C@H]1O.O=C=O. The number of fused-ring (bicyclic) bond motifs is 1. The summed E-state index contributed by atoms with van der Waals surface area (Å²) in [4.78, 5) is 67.1. The third-order valence-corrected chi connectivity index (χ3v) is 8.50. The topological polar surface area (TPSA) is 255 Å². The summed E-state index contributed by atoms with van der Waals surface area (Å²) in [6.45, 7) is 2.70. The molecule has 2 fully saturated rings. The molecule has 6 atom stereocenters. The van der Waals surface area contributed by atoms with Gasteiger partial charge in [0.1, 0.15) is 42.6 Å². The van der Waals surface area contributed by atoms with Crippen LogP contribution in [-0.4, -0.2) is 122 Å². The lowest BCUT2D eigenvalue weighted by molar-refractivity contribution is -0.384. The Hall–Kier alpha value is -5.51. The van der Waals surface area contributed by atoms with Gasteiger partial charge in [-0.1, -0.05) is 6.92 Å². The van der Waals surface area contributed by atoms with Crippen molar-refractivity contribution < 1.29 is 48.9 Å². The number of rotatable bonds is 7. The lowest BCUT2D eigenvalue weighted by atomic mass is 9.92. The third-order valence-electron chi connectivity index (χ3n) is 8.50. The normalized spacial score (nSPS) is 23.3. The molecule has 2 aliphatic rings. The van der Waals surface area contributed by atoms with Gasteiger partial charge in [0.2, 0.25) is 12.2 Å². The number of hydrogen-bond donors (Lipinski definition) is 3. The lowest BCUT2D eigenvalue weighted by Gasteiger charge is -2.42. The van der Waals surface area contributed by atoms with E-state index in [0.717, 1.165) is 23.5 Å². The largest absolute Gasteiger partial charge is 0.460 e. The van der Waals surface area contributed by atoms with Gasteiger partial charge in [-0.15, -0.1) is 0 Å². The molecule has 2 amide bonds. The van der Waals surface area contributed by atoms with Crippen molar-refractivity contribution in [2.75, 3.05) is 43.6 Å². The number of hydrogen-bond acceptors (Lipinski definition) is 15. The number of likely N-dealkylation sites (N-methyl/N-ethyl adjacent to an activating group) is 1. The predicted octanol–water partition coefficient (Wildman–Crippen LogP) is 0.265. The molecular weight excluding hydrogens is 648 g/mol. The summed E-state index contributed by atoms with van der Waals surface area (Å²) in [6, 6.07) is 6.30. The van der Waals surface area contributed by atoms with E-state index in [4.69, 9.17) is 24.3 Å². The first kappa shape index (κ1) is 36.3. The molecule has 2 saturated heterocycles. The zero-order valence-electron chi connectivity index (χ0n) is 26.6. The molecule has 0 aliphatic carbocycles. The van der Waals surface area contributed by atoms with Crippen LogP contribution in [-0.2, 0) is 19.1 Å². The first-order chi connectivity index (χ1) is 23.3. The van der Waals surface area contributed by atoms with Gasteiger partial charge in [0.05, 0.1) is 34.7 Å². The number of benzene rings is 1. The van der Waals surface area contributed by atoms with Crippen LogP contribution in [0.15, 0.2) is 36.8 Å². The minimum atomic E-state index is -1.64. The molecule has 19 nitrogen and oxygen atoms in total. The number of carbonyl (C=O) groups excluding carboxylic acids is 4. The number of ether oxygens (including phenoxy) is 2. The predicted molar refractivity (Wildman–Crippen MR) is 166 cm³/mol. The van der Waals surface area contributed by atoms with Crippen molar-refractivity contribution in [3.8, 4) is 11.8 Å². The summed E-state index contributed by atoms with van der Waals surface area (Å²) in [6.07, 6.45) is -2.38. The minimum absolute atomic E-state index is 0.0398. The van der Waals surface area contributed by atoms with Crippen LogP contribution in [0.4, 0.5) is 22.0 Å². The zero-order chi connectivity index (χ0) is 36.0. The van der Waals surface area contributed by atoms with Crippen molar-refractivity contribution >= 4 is 46.3 Å². The van der Waals surface area contributed by atoms with Gasteiger partial charge < -0.3 is 34.6 Å². The van der Waals surface area contributed by atoms with E-state index in [9.17, 15) is 35.0 Å². The molecule has 2 aromatic heterocycles. The highest BCUT2D eigenvalue weighted by atomic mass is 16.7. The molecule has 19 heteroatoms. The number of likely N-dealkylation sites (tertiary alicyclic amines) is 1. The first-order valence-corrected chi connectivity index (χ1v) is 14.9. The van der Waals surface area contributed by atoms with E-state index in [1.807, 2.05) is 18.0 Å². The van der Waals surface area contributed by atoms with E-state index in [0.29, 0.717) is 24.3 Å². The highest BCUT2D eigenvalue weighted by molar-refractivity contribution is 6.01. The highest BCUT2D eigenvalue weighted by Gasteiger charge is 2.40. The minimum Gasteiger partial charge on any atom is -0.460 e. The van der Waals surface area contributed by atoms with E-state index in [1.54, 1.807) is 11.0 Å². The van der Waals surface area contributed by atoms with Crippen LogP contribution in [0, 0.1) is 27.4 Å². The Bertz CT molecular complexity index is 1770.